The minimum Gasteiger partial charge on any atom is -0.465 e. The summed E-state index contributed by atoms with van der Waals surface area (Å²) in [5.41, 5.74) is 2.50. The van der Waals surface area contributed by atoms with Gasteiger partial charge in [0, 0.05) is 29.7 Å². The molecule has 0 unspecified atom stereocenters. The van der Waals surface area contributed by atoms with Crippen LogP contribution in [0.15, 0.2) is 70.6 Å². The second-order valence-corrected chi connectivity index (χ2v) is 7.89. The molecule has 1 N–H and O–H groups in total. The molecule has 0 saturated heterocycles. The molecule has 0 atom stereocenters. The molecule has 33 heavy (non-hydrogen) atoms. The summed E-state index contributed by atoms with van der Waals surface area (Å²) in [6.45, 7) is 0. The smallest absolute Gasteiger partial charge is 0.337 e. The number of ether oxygens (including phenoxy) is 1. The molecular formula is C25H19N3O4S. The number of amides is 1. The lowest BCUT2D eigenvalue weighted by molar-refractivity contribution is -0.116. The standard InChI is InChI=1S/C25H19N3O4S/c1-31-25(30)19-7-2-5-17(15-19)10-11-18-6-3-8-20(16-18)26-22(29)12-13-23-27-24(28-32-23)21-9-4-14-33-21/h2-9,14-16H,12-13H2,1H3,(H,26,29). The Balaban J connectivity index is 1.35. The Labute approximate surface area is 194 Å². The Morgan fingerprint density at radius 3 is 2.61 bits per heavy atom. The molecule has 2 heterocycles. The fourth-order valence-corrected chi connectivity index (χ4v) is 3.62. The molecule has 0 fully saturated rings. The maximum absolute atomic E-state index is 12.4. The van der Waals surface area contributed by atoms with Crippen LogP contribution in [0.25, 0.3) is 10.7 Å². The quantitative estimate of drug-likeness (QED) is 0.337. The van der Waals surface area contributed by atoms with Crippen molar-refractivity contribution in [2.45, 2.75) is 12.8 Å². The van der Waals surface area contributed by atoms with Crippen molar-refractivity contribution in [3.05, 3.63) is 88.6 Å². The number of esters is 1. The van der Waals surface area contributed by atoms with Gasteiger partial charge in [-0.3, -0.25) is 4.79 Å². The molecule has 2 aromatic heterocycles. The van der Waals surface area contributed by atoms with E-state index in [0.29, 0.717) is 35.0 Å². The second-order valence-electron chi connectivity index (χ2n) is 6.94. The van der Waals surface area contributed by atoms with Gasteiger partial charge in [0.1, 0.15) is 0 Å². The van der Waals surface area contributed by atoms with Gasteiger partial charge in [-0.25, -0.2) is 4.79 Å². The minimum atomic E-state index is -0.411. The molecule has 2 aromatic carbocycles. The Kier molecular flexibility index (Phi) is 6.93. The highest BCUT2D eigenvalue weighted by Crippen LogP contribution is 2.21. The lowest BCUT2D eigenvalue weighted by Gasteiger charge is -2.04. The first-order chi connectivity index (χ1) is 16.1. The third-order valence-corrected chi connectivity index (χ3v) is 5.42. The number of aryl methyl sites for hydroxylation is 1. The summed E-state index contributed by atoms with van der Waals surface area (Å²) in [4.78, 5) is 29.3. The monoisotopic (exact) mass is 457 g/mol. The van der Waals surface area contributed by atoms with E-state index in [1.165, 1.54) is 18.4 Å². The number of hydrogen-bond donors (Lipinski definition) is 1. The van der Waals surface area contributed by atoms with Gasteiger partial charge in [0.2, 0.25) is 17.6 Å². The van der Waals surface area contributed by atoms with E-state index in [9.17, 15) is 9.59 Å². The van der Waals surface area contributed by atoms with E-state index in [4.69, 9.17) is 9.26 Å². The van der Waals surface area contributed by atoms with Crippen LogP contribution >= 0.6 is 11.3 Å². The molecule has 0 bridgehead atoms. The van der Waals surface area contributed by atoms with Crippen molar-refractivity contribution in [3.63, 3.8) is 0 Å². The van der Waals surface area contributed by atoms with Crippen LogP contribution in [0.1, 0.15) is 33.8 Å². The van der Waals surface area contributed by atoms with Crippen molar-refractivity contribution in [1.82, 2.24) is 10.1 Å². The number of methoxy groups -OCH3 is 1. The zero-order chi connectivity index (χ0) is 23.0. The normalized spacial score (nSPS) is 10.2. The van der Waals surface area contributed by atoms with Crippen LogP contribution in [0.4, 0.5) is 5.69 Å². The Morgan fingerprint density at radius 1 is 1.06 bits per heavy atom. The molecule has 1 amide bonds. The SMILES string of the molecule is COC(=O)c1cccc(C#Cc2cccc(NC(=O)CCc3nc(-c4cccs4)no3)c2)c1. The van der Waals surface area contributed by atoms with Gasteiger partial charge in [-0.05, 0) is 47.8 Å². The van der Waals surface area contributed by atoms with Crippen molar-refractivity contribution in [2.75, 3.05) is 12.4 Å². The highest BCUT2D eigenvalue weighted by atomic mass is 32.1. The fourth-order valence-electron chi connectivity index (χ4n) is 2.97. The van der Waals surface area contributed by atoms with Crippen molar-refractivity contribution in [1.29, 1.82) is 0 Å². The summed E-state index contributed by atoms with van der Waals surface area (Å²) in [6, 6.07) is 18.0. The highest BCUT2D eigenvalue weighted by Gasteiger charge is 2.11. The zero-order valence-electron chi connectivity index (χ0n) is 17.7. The number of rotatable bonds is 6. The maximum atomic E-state index is 12.4. The van der Waals surface area contributed by atoms with Crippen LogP contribution in [0.5, 0.6) is 0 Å². The minimum absolute atomic E-state index is 0.165. The summed E-state index contributed by atoms with van der Waals surface area (Å²) < 4.78 is 9.96. The highest BCUT2D eigenvalue weighted by molar-refractivity contribution is 7.13. The molecule has 0 aliphatic carbocycles. The van der Waals surface area contributed by atoms with Gasteiger partial charge in [-0.15, -0.1) is 11.3 Å². The van der Waals surface area contributed by atoms with Crippen LogP contribution < -0.4 is 5.32 Å². The molecule has 0 aliphatic rings. The third kappa shape index (κ3) is 5.93. The van der Waals surface area contributed by atoms with Crippen LogP contribution in [-0.4, -0.2) is 29.1 Å². The predicted molar refractivity (Wildman–Crippen MR) is 125 cm³/mol. The summed E-state index contributed by atoms with van der Waals surface area (Å²) >= 11 is 1.53. The predicted octanol–water partition coefficient (Wildman–Crippen LogP) is 4.56. The average molecular weight is 458 g/mol. The number of aromatic nitrogens is 2. The molecule has 0 saturated carbocycles. The number of nitrogens with one attached hydrogen (secondary N) is 1. The van der Waals surface area contributed by atoms with Crippen molar-refractivity contribution < 1.29 is 18.8 Å². The number of carbonyl (C=O) groups is 2. The van der Waals surface area contributed by atoms with Crippen LogP contribution in [-0.2, 0) is 16.0 Å². The van der Waals surface area contributed by atoms with E-state index in [0.717, 1.165) is 10.4 Å². The number of carbonyl (C=O) groups excluding carboxylic acids is 2. The molecule has 164 valence electrons. The van der Waals surface area contributed by atoms with Gasteiger partial charge >= 0.3 is 5.97 Å². The number of nitrogens with zero attached hydrogens (tertiary/aromatic N) is 2. The van der Waals surface area contributed by atoms with E-state index in [1.54, 1.807) is 30.3 Å². The van der Waals surface area contributed by atoms with E-state index in [-0.39, 0.29) is 12.3 Å². The van der Waals surface area contributed by atoms with Gasteiger partial charge in [-0.2, -0.15) is 4.98 Å². The Hall–Kier alpha value is -4.22. The van der Waals surface area contributed by atoms with Crippen LogP contribution in [0.3, 0.4) is 0 Å². The van der Waals surface area contributed by atoms with E-state index in [2.05, 4.69) is 27.3 Å². The number of hydrogen-bond acceptors (Lipinski definition) is 7. The summed E-state index contributed by atoms with van der Waals surface area (Å²) in [6.07, 6.45) is 0.558. The lowest BCUT2D eigenvalue weighted by Crippen LogP contribution is -2.12. The van der Waals surface area contributed by atoms with Crippen LogP contribution in [0.2, 0.25) is 0 Å². The topological polar surface area (TPSA) is 94.3 Å². The summed E-state index contributed by atoms with van der Waals surface area (Å²) in [5.74, 6) is 6.45. The molecule has 7 nitrogen and oxygen atoms in total. The maximum Gasteiger partial charge on any atom is 0.337 e. The number of thiophene rings is 1. The molecule has 4 aromatic rings. The van der Waals surface area contributed by atoms with Gasteiger partial charge in [0.15, 0.2) is 0 Å². The number of benzene rings is 2. The Morgan fingerprint density at radius 2 is 1.85 bits per heavy atom. The van der Waals surface area contributed by atoms with Gasteiger partial charge in [0.05, 0.1) is 17.6 Å². The first kappa shape index (κ1) is 22.0. The zero-order valence-corrected chi connectivity index (χ0v) is 18.5. The fraction of sp³-hybridized carbons (Fsp3) is 0.120. The second kappa shape index (κ2) is 10.4. The number of anilines is 1. The largest absolute Gasteiger partial charge is 0.465 e. The van der Waals surface area contributed by atoms with Gasteiger partial charge in [-0.1, -0.05) is 35.2 Å². The molecule has 4 rings (SSSR count). The molecule has 0 radical (unpaired) electrons. The van der Waals surface area contributed by atoms with Gasteiger partial charge < -0.3 is 14.6 Å². The first-order valence-electron chi connectivity index (χ1n) is 10.1. The molecular weight excluding hydrogens is 438 g/mol. The first-order valence-corrected chi connectivity index (χ1v) is 11.0. The van der Waals surface area contributed by atoms with E-state index < -0.39 is 5.97 Å². The molecule has 0 aliphatic heterocycles. The van der Waals surface area contributed by atoms with Crippen LogP contribution in [0, 0.1) is 11.8 Å². The Bertz CT molecular complexity index is 1330. The summed E-state index contributed by atoms with van der Waals surface area (Å²) in [5, 5.41) is 8.75. The third-order valence-electron chi connectivity index (χ3n) is 4.56. The lowest BCUT2D eigenvalue weighted by atomic mass is 10.1. The van der Waals surface area contributed by atoms with E-state index in [1.807, 2.05) is 35.7 Å². The van der Waals surface area contributed by atoms with Crippen molar-refractivity contribution >= 4 is 28.9 Å². The summed E-state index contributed by atoms with van der Waals surface area (Å²) in [7, 11) is 1.34. The van der Waals surface area contributed by atoms with Crippen molar-refractivity contribution in [2.24, 2.45) is 0 Å². The van der Waals surface area contributed by atoms with Gasteiger partial charge in [0.25, 0.3) is 0 Å². The van der Waals surface area contributed by atoms with Crippen molar-refractivity contribution in [3.8, 4) is 22.5 Å². The van der Waals surface area contributed by atoms with E-state index >= 15 is 0 Å². The molecule has 8 heteroatoms. The average Bonchev–Trinajstić information content (AvgIpc) is 3.53. The molecule has 0 spiro atoms.